The molecule has 0 aliphatic heterocycles. The molecule has 0 aliphatic rings. The summed E-state index contributed by atoms with van der Waals surface area (Å²) in [6, 6.07) is 9.07. The first kappa shape index (κ1) is 20.2. The molecular formula is C19H26N4O4. The van der Waals surface area contributed by atoms with Crippen LogP contribution in [0, 0.1) is 0 Å². The third-order valence-corrected chi connectivity index (χ3v) is 3.49. The zero-order valence-corrected chi connectivity index (χ0v) is 15.9. The third kappa shape index (κ3) is 6.58. The lowest BCUT2D eigenvalue weighted by atomic mass is 10.2. The van der Waals surface area contributed by atoms with Crippen LogP contribution in [0.15, 0.2) is 46.0 Å². The van der Waals surface area contributed by atoms with Crippen molar-refractivity contribution < 1.29 is 18.7 Å². The van der Waals surface area contributed by atoms with Gasteiger partial charge in [0.2, 0.25) is 5.91 Å². The Bertz CT molecular complexity index is 744. The molecule has 3 N–H and O–H groups in total. The summed E-state index contributed by atoms with van der Waals surface area (Å²) in [6.07, 6.45) is 1.57. The van der Waals surface area contributed by atoms with Crippen molar-refractivity contribution >= 4 is 17.6 Å². The summed E-state index contributed by atoms with van der Waals surface area (Å²) >= 11 is 0. The van der Waals surface area contributed by atoms with Crippen molar-refractivity contribution in [3.63, 3.8) is 0 Å². The van der Waals surface area contributed by atoms with Gasteiger partial charge in [0.05, 0.1) is 26.5 Å². The molecule has 0 atom stereocenters. The number of amides is 1. The summed E-state index contributed by atoms with van der Waals surface area (Å²) in [5.41, 5.74) is 0.773. The Hall–Kier alpha value is -3.16. The maximum atomic E-state index is 12.0. The lowest BCUT2D eigenvalue weighted by Crippen LogP contribution is -2.33. The largest absolute Gasteiger partial charge is 0.493 e. The van der Waals surface area contributed by atoms with Crippen LogP contribution in [0.1, 0.15) is 19.6 Å². The van der Waals surface area contributed by atoms with Crippen molar-refractivity contribution in [3.05, 3.63) is 42.4 Å². The number of nitrogens with zero attached hydrogens (tertiary/aromatic N) is 1. The van der Waals surface area contributed by atoms with Gasteiger partial charge in [0.25, 0.3) is 0 Å². The Kier molecular flexibility index (Phi) is 8.02. The highest BCUT2D eigenvalue weighted by molar-refractivity contribution is 5.95. The second-order valence-electron chi connectivity index (χ2n) is 5.47. The number of hydrogen-bond acceptors (Lipinski definition) is 5. The number of hydrogen-bond donors (Lipinski definition) is 3. The first-order valence-electron chi connectivity index (χ1n) is 8.81. The van der Waals surface area contributed by atoms with Crippen molar-refractivity contribution in [1.29, 1.82) is 0 Å². The van der Waals surface area contributed by atoms with Crippen molar-refractivity contribution in [1.82, 2.24) is 10.6 Å². The lowest BCUT2D eigenvalue weighted by Gasteiger charge is -2.14. The normalized spacial score (nSPS) is 11.0. The molecule has 0 saturated carbocycles. The van der Waals surface area contributed by atoms with Crippen LogP contribution in [0.25, 0.3) is 0 Å². The van der Waals surface area contributed by atoms with E-state index in [2.05, 4.69) is 20.9 Å². The molecule has 27 heavy (non-hydrogen) atoms. The molecule has 0 spiro atoms. The number of furan rings is 1. The molecule has 8 heteroatoms. The Labute approximate surface area is 159 Å². The highest BCUT2D eigenvalue weighted by Gasteiger charge is 2.08. The summed E-state index contributed by atoms with van der Waals surface area (Å²) in [4.78, 5) is 16.3. The van der Waals surface area contributed by atoms with Crippen molar-refractivity contribution in [2.45, 2.75) is 20.4 Å². The number of guanidine groups is 1. The number of rotatable bonds is 9. The van der Waals surface area contributed by atoms with E-state index < -0.39 is 0 Å². The van der Waals surface area contributed by atoms with Crippen LogP contribution >= 0.6 is 0 Å². The monoisotopic (exact) mass is 374 g/mol. The molecule has 0 fully saturated rings. The van der Waals surface area contributed by atoms with Gasteiger partial charge >= 0.3 is 0 Å². The molecule has 8 nitrogen and oxygen atoms in total. The molecule has 0 radical (unpaired) electrons. The van der Waals surface area contributed by atoms with Crippen LogP contribution in [-0.4, -0.2) is 38.7 Å². The predicted octanol–water partition coefficient (Wildman–Crippen LogP) is 2.38. The molecule has 0 bridgehead atoms. The molecular weight excluding hydrogens is 348 g/mol. The lowest BCUT2D eigenvalue weighted by molar-refractivity contribution is -0.119. The maximum Gasteiger partial charge on any atom is 0.242 e. The van der Waals surface area contributed by atoms with Gasteiger partial charge in [-0.05, 0) is 38.1 Å². The number of anilines is 1. The minimum atomic E-state index is -0.201. The molecule has 1 amide bonds. The molecule has 0 saturated heterocycles. The fourth-order valence-corrected chi connectivity index (χ4v) is 2.27. The zero-order valence-electron chi connectivity index (χ0n) is 15.9. The standard InChI is InChI=1S/C19H26N4O4/c1-4-20-19(22-13-18(24)21-12-15-7-6-10-27-15)23-14-8-9-16(25-3)17(11-14)26-5-2/h6-11H,4-5,12-13H2,1-3H3,(H,21,24)(H2,20,22,23). The number of carbonyl (C=O) groups is 1. The van der Waals surface area contributed by atoms with E-state index in [1.54, 1.807) is 25.5 Å². The van der Waals surface area contributed by atoms with Gasteiger partial charge in [0.15, 0.2) is 17.5 Å². The predicted molar refractivity (Wildman–Crippen MR) is 104 cm³/mol. The van der Waals surface area contributed by atoms with Crippen LogP contribution in [0.5, 0.6) is 11.5 Å². The quantitative estimate of drug-likeness (QED) is 0.461. The Morgan fingerprint density at radius 1 is 1.19 bits per heavy atom. The highest BCUT2D eigenvalue weighted by Crippen LogP contribution is 2.30. The SMILES string of the molecule is CCNC(=NCC(=O)NCc1ccco1)Nc1ccc(OC)c(OCC)c1. The summed E-state index contributed by atoms with van der Waals surface area (Å²) in [5.74, 6) is 2.28. The fourth-order valence-electron chi connectivity index (χ4n) is 2.27. The van der Waals surface area contributed by atoms with E-state index in [9.17, 15) is 4.79 Å². The summed E-state index contributed by atoms with van der Waals surface area (Å²) < 4.78 is 16.0. The topological polar surface area (TPSA) is 97.1 Å². The Morgan fingerprint density at radius 2 is 2.04 bits per heavy atom. The molecule has 1 aromatic carbocycles. The summed E-state index contributed by atoms with van der Waals surface area (Å²) in [7, 11) is 1.60. The second-order valence-corrected chi connectivity index (χ2v) is 5.47. The van der Waals surface area contributed by atoms with E-state index in [1.165, 1.54) is 0 Å². The average Bonchev–Trinajstić information content (AvgIpc) is 3.19. The van der Waals surface area contributed by atoms with Gasteiger partial charge < -0.3 is 29.8 Å². The van der Waals surface area contributed by atoms with Crippen LogP contribution in [0.2, 0.25) is 0 Å². The van der Waals surface area contributed by atoms with Gasteiger partial charge in [0, 0.05) is 18.3 Å². The zero-order chi connectivity index (χ0) is 19.5. The Morgan fingerprint density at radius 3 is 2.70 bits per heavy atom. The van der Waals surface area contributed by atoms with E-state index in [1.807, 2.05) is 32.0 Å². The first-order chi connectivity index (χ1) is 13.2. The van der Waals surface area contributed by atoms with Gasteiger partial charge in [-0.25, -0.2) is 4.99 Å². The minimum Gasteiger partial charge on any atom is -0.493 e. The van der Waals surface area contributed by atoms with Crippen LogP contribution in [0.4, 0.5) is 5.69 Å². The van der Waals surface area contributed by atoms with E-state index in [4.69, 9.17) is 13.9 Å². The molecule has 146 valence electrons. The van der Waals surface area contributed by atoms with E-state index in [0.29, 0.717) is 42.9 Å². The van der Waals surface area contributed by atoms with Gasteiger partial charge in [-0.3, -0.25) is 4.79 Å². The van der Waals surface area contributed by atoms with Crippen molar-refractivity contribution in [2.75, 3.05) is 32.1 Å². The van der Waals surface area contributed by atoms with Crippen LogP contribution in [0.3, 0.4) is 0 Å². The van der Waals surface area contributed by atoms with Crippen molar-refractivity contribution in [3.8, 4) is 11.5 Å². The fraction of sp³-hybridized carbons (Fsp3) is 0.368. The highest BCUT2D eigenvalue weighted by atomic mass is 16.5. The molecule has 0 unspecified atom stereocenters. The van der Waals surface area contributed by atoms with E-state index >= 15 is 0 Å². The molecule has 1 heterocycles. The molecule has 2 aromatic rings. The summed E-state index contributed by atoms with van der Waals surface area (Å²) in [5, 5.41) is 9.02. The van der Waals surface area contributed by atoms with Gasteiger partial charge in [-0.2, -0.15) is 0 Å². The first-order valence-corrected chi connectivity index (χ1v) is 8.81. The number of methoxy groups -OCH3 is 1. The van der Waals surface area contributed by atoms with Gasteiger partial charge in [-0.15, -0.1) is 0 Å². The van der Waals surface area contributed by atoms with Gasteiger partial charge in [-0.1, -0.05) is 0 Å². The third-order valence-electron chi connectivity index (χ3n) is 3.49. The van der Waals surface area contributed by atoms with Crippen molar-refractivity contribution in [2.24, 2.45) is 4.99 Å². The number of ether oxygens (including phenoxy) is 2. The number of benzene rings is 1. The number of aliphatic imine (C=N–C) groups is 1. The smallest absolute Gasteiger partial charge is 0.242 e. The number of nitrogens with one attached hydrogen (secondary N) is 3. The summed E-state index contributed by atoms with van der Waals surface area (Å²) in [6.45, 7) is 5.38. The van der Waals surface area contributed by atoms with Crippen LogP contribution in [-0.2, 0) is 11.3 Å². The van der Waals surface area contributed by atoms with Crippen LogP contribution < -0.4 is 25.4 Å². The second kappa shape index (κ2) is 10.7. The van der Waals surface area contributed by atoms with Gasteiger partial charge in [0.1, 0.15) is 12.3 Å². The molecule has 2 rings (SSSR count). The number of carbonyl (C=O) groups excluding carboxylic acids is 1. The minimum absolute atomic E-state index is 0.00941. The Balaban J connectivity index is 1.98. The van der Waals surface area contributed by atoms with E-state index in [0.717, 1.165) is 5.69 Å². The maximum absolute atomic E-state index is 12.0. The average molecular weight is 374 g/mol. The van der Waals surface area contributed by atoms with E-state index in [-0.39, 0.29) is 12.5 Å². The molecule has 0 aliphatic carbocycles. The molecule has 1 aromatic heterocycles.